The SMILES string of the molecule is NC1CC(CNCCc2ccc3c(c2)CCCC3)C1. The Labute approximate surface area is 116 Å². The quantitative estimate of drug-likeness (QED) is 0.796. The fraction of sp³-hybridized carbons (Fsp3) is 0.647. The molecule has 0 spiro atoms. The summed E-state index contributed by atoms with van der Waals surface area (Å²) >= 11 is 0. The van der Waals surface area contributed by atoms with Gasteiger partial charge >= 0.3 is 0 Å². The summed E-state index contributed by atoms with van der Waals surface area (Å²) in [7, 11) is 0. The van der Waals surface area contributed by atoms with Crippen molar-refractivity contribution in [3.63, 3.8) is 0 Å². The number of rotatable bonds is 5. The lowest BCUT2D eigenvalue weighted by Crippen LogP contribution is -2.41. The topological polar surface area (TPSA) is 38.0 Å². The van der Waals surface area contributed by atoms with Crippen LogP contribution in [-0.4, -0.2) is 19.1 Å². The van der Waals surface area contributed by atoms with Crippen LogP contribution in [0.5, 0.6) is 0 Å². The molecule has 0 bridgehead atoms. The van der Waals surface area contributed by atoms with Gasteiger partial charge in [0.2, 0.25) is 0 Å². The van der Waals surface area contributed by atoms with Crippen molar-refractivity contribution in [2.45, 2.75) is 51.0 Å². The summed E-state index contributed by atoms with van der Waals surface area (Å²) in [6.07, 6.45) is 8.91. The molecule has 0 radical (unpaired) electrons. The molecule has 0 atom stereocenters. The molecule has 2 aliphatic rings. The predicted molar refractivity (Wildman–Crippen MR) is 80.4 cm³/mol. The molecule has 0 aliphatic heterocycles. The molecule has 0 aromatic heterocycles. The Morgan fingerprint density at radius 1 is 1.11 bits per heavy atom. The molecule has 2 aliphatic carbocycles. The van der Waals surface area contributed by atoms with Crippen LogP contribution in [0.1, 0.15) is 42.4 Å². The van der Waals surface area contributed by atoms with E-state index in [1.165, 1.54) is 44.1 Å². The van der Waals surface area contributed by atoms with Crippen molar-refractivity contribution in [3.8, 4) is 0 Å². The Morgan fingerprint density at radius 2 is 1.89 bits per heavy atom. The predicted octanol–water partition coefficient (Wildman–Crippen LogP) is 2.43. The van der Waals surface area contributed by atoms with Crippen molar-refractivity contribution in [2.24, 2.45) is 11.7 Å². The number of hydrogen-bond acceptors (Lipinski definition) is 2. The van der Waals surface area contributed by atoms with E-state index in [-0.39, 0.29) is 0 Å². The summed E-state index contributed by atoms with van der Waals surface area (Å²) in [5.74, 6) is 0.832. The minimum atomic E-state index is 0.479. The second kappa shape index (κ2) is 6.06. The first-order valence-electron chi connectivity index (χ1n) is 7.88. The first kappa shape index (κ1) is 13.1. The molecule has 0 amide bonds. The number of nitrogens with one attached hydrogen (secondary N) is 1. The Bertz CT molecular complexity index is 421. The van der Waals surface area contributed by atoms with Gasteiger partial charge in [0.05, 0.1) is 0 Å². The molecular formula is C17H26N2. The molecule has 2 nitrogen and oxygen atoms in total. The third-order valence-electron chi connectivity index (χ3n) is 4.71. The molecule has 1 fully saturated rings. The van der Waals surface area contributed by atoms with Gasteiger partial charge in [-0.25, -0.2) is 0 Å². The number of nitrogens with two attached hydrogens (primary N) is 1. The van der Waals surface area contributed by atoms with Crippen LogP contribution in [0.4, 0.5) is 0 Å². The van der Waals surface area contributed by atoms with E-state index in [0.29, 0.717) is 6.04 Å². The molecule has 3 N–H and O–H groups in total. The van der Waals surface area contributed by atoms with E-state index in [1.54, 1.807) is 11.1 Å². The summed E-state index contributed by atoms with van der Waals surface area (Å²) in [5.41, 5.74) is 10.5. The van der Waals surface area contributed by atoms with Gasteiger partial charge in [-0.1, -0.05) is 18.2 Å². The van der Waals surface area contributed by atoms with E-state index in [4.69, 9.17) is 5.73 Å². The van der Waals surface area contributed by atoms with Crippen molar-refractivity contribution in [1.29, 1.82) is 0 Å². The molecule has 1 aromatic rings. The second-order valence-corrected chi connectivity index (χ2v) is 6.36. The highest BCUT2D eigenvalue weighted by atomic mass is 14.9. The molecule has 3 rings (SSSR count). The van der Waals surface area contributed by atoms with Crippen molar-refractivity contribution >= 4 is 0 Å². The van der Waals surface area contributed by atoms with Gasteiger partial charge in [-0.15, -0.1) is 0 Å². The Morgan fingerprint density at radius 3 is 2.68 bits per heavy atom. The minimum absolute atomic E-state index is 0.479. The van der Waals surface area contributed by atoms with E-state index < -0.39 is 0 Å². The van der Waals surface area contributed by atoms with Crippen molar-refractivity contribution in [2.75, 3.05) is 13.1 Å². The third-order valence-corrected chi connectivity index (χ3v) is 4.71. The Balaban J connectivity index is 1.42. The molecule has 19 heavy (non-hydrogen) atoms. The molecule has 1 aromatic carbocycles. The van der Waals surface area contributed by atoms with Gasteiger partial charge in [-0.3, -0.25) is 0 Å². The summed E-state index contributed by atoms with van der Waals surface area (Å²) in [6.45, 7) is 2.25. The van der Waals surface area contributed by atoms with Crippen molar-refractivity contribution < 1.29 is 0 Å². The largest absolute Gasteiger partial charge is 0.328 e. The lowest BCUT2D eigenvalue weighted by molar-refractivity contribution is 0.257. The van der Waals surface area contributed by atoms with Gasteiger partial charge in [-0.2, -0.15) is 0 Å². The van der Waals surface area contributed by atoms with Crippen LogP contribution in [0, 0.1) is 5.92 Å². The number of benzene rings is 1. The lowest BCUT2D eigenvalue weighted by atomic mass is 9.81. The van der Waals surface area contributed by atoms with Crippen LogP contribution in [0.15, 0.2) is 18.2 Å². The third kappa shape index (κ3) is 3.37. The first-order valence-corrected chi connectivity index (χ1v) is 7.88. The van der Waals surface area contributed by atoms with Crippen molar-refractivity contribution in [1.82, 2.24) is 5.32 Å². The fourth-order valence-corrected chi connectivity index (χ4v) is 3.44. The fourth-order valence-electron chi connectivity index (χ4n) is 3.44. The van der Waals surface area contributed by atoms with Gasteiger partial charge < -0.3 is 11.1 Å². The van der Waals surface area contributed by atoms with Gasteiger partial charge in [0.15, 0.2) is 0 Å². The van der Waals surface area contributed by atoms with E-state index in [1.807, 2.05) is 0 Å². The number of hydrogen-bond donors (Lipinski definition) is 2. The molecule has 2 heteroatoms. The van der Waals surface area contributed by atoms with Crippen molar-refractivity contribution in [3.05, 3.63) is 34.9 Å². The average molecular weight is 258 g/mol. The summed E-state index contributed by atoms with van der Waals surface area (Å²) in [5, 5.41) is 3.58. The molecule has 1 saturated carbocycles. The highest BCUT2D eigenvalue weighted by Gasteiger charge is 2.24. The number of aryl methyl sites for hydroxylation is 2. The van der Waals surface area contributed by atoms with Crippen LogP contribution in [-0.2, 0) is 19.3 Å². The van der Waals surface area contributed by atoms with Gasteiger partial charge in [-0.05, 0) is 80.6 Å². The zero-order valence-corrected chi connectivity index (χ0v) is 11.8. The zero-order chi connectivity index (χ0) is 13.1. The standard InChI is InChI=1S/C17H26N2/c18-17-10-14(11-17)12-19-8-7-13-5-6-15-3-1-2-4-16(15)9-13/h5-6,9,14,17,19H,1-4,7-8,10-12,18H2. The van der Waals surface area contributed by atoms with Crippen LogP contribution in [0.3, 0.4) is 0 Å². The highest BCUT2D eigenvalue weighted by Crippen LogP contribution is 2.24. The molecular weight excluding hydrogens is 232 g/mol. The molecule has 0 heterocycles. The lowest BCUT2D eigenvalue weighted by Gasteiger charge is -2.32. The molecule has 0 unspecified atom stereocenters. The smallest absolute Gasteiger partial charge is 0.00450 e. The monoisotopic (exact) mass is 258 g/mol. The van der Waals surface area contributed by atoms with Crippen LogP contribution >= 0.6 is 0 Å². The van der Waals surface area contributed by atoms with E-state index >= 15 is 0 Å². The normalized spacial score (nSPS) is 25.7. The van der Waals surface area contributed by atoms with E-state index in [2.05, 4.69) is 23.5 Å². The van der Waals surface area contributed by atoms with Crippen LogP contribution < -0.4 is 11.1 Å². The second-order valence-electron chi connectivity index (χ2n) is 6.36. The summed E-state index contributed by atoms with van der Waals surface area (Å²) in [4.78, 5) is 0. The highest BCUT2D eigenvalue weighted by molar-refractivity contribution is 5.33. The Kier molecular flexibility index (Phi) is 4.19. The maximum absolute atomic E-state index is 5.80. The van der Waals surface area contributed by atoms with Gasteiger partial charge in [0.1, 0.15) is 0 Å². The summed E-state index contributed by atoms with van der Waals surface area (Å²) < 4.78 is 0. The van der Waals surface area contributed by atoms with Crippen LogP contribution in [0.25, 0.3) is 0 Å². The maximum atomic E-state index is 5.80. The molecule has 104 valence electrons. The average Bonchev–Trinajstić information content (AvgIpc) is 2.41. The minimum Gasteiger partial charge on any atom is -0.328 e. The van der Waals surface area contributed by atoms with E-state index in [0.717, 1.165) is 25.4 Å². The zero-order valence-electron chi connectivity index (χ0n) is 11.8. The van der Waals surface area contributed by atoms with Gasteiger partial charge in [0, 0.05) is 6.04 Å². The summed E-state index contributed by atoms with van der Waals surface area (Å²) in [6, 6.07) is 7.60. The number of fused-ring (bicyclic) bond motifs is 1. The van der Waals surface area contributed by atoms with E-state index in [9.17, 15) is 0 Å². The van der Waals surface area contributed by atoms with Gasteiger partial charge in [0.25, 0.3) is 0 Å². The Hall–Kier alpha value is -0.860. The maximum Gasteiger partial charge on any atom is 0.00450 e. The first-order chi connectivity index (χ1) is 9.31. The molecule has 0 saturated heterocycles. The van der Waals surface area contributed by atoms with Crippen LogP contribution in [0.2, 0.25) is 0 Å².